The molecule has 0 aliphatic carbocycles. The van der Waals surface area contributed by atoms with Crippen molar-refractivity contribution in [2.45, 2.75) is 19.6 Å². The zero-order valence-electron chi connectivity index (χ0n) is 11.2. The minimum absolute atomic E-state index is 0.00308. The Bertz CT molecular complexity index is 585. The summed E-state index contributed by atoms with van der Waals surface area (Å²) < 4.78 is 5.81. The monoisotopic (exact) mass is 271 g/mol. The molecule has 1 aromatic carbocycles. The highest BCUT2D eigenvalue weighted by Gasteiger charge is 2.07. The van der Waals surface area contributed by atoms with Crippen LogP contribution in [0.1, 0.15) is 29.8 Å². The van der Waals surface area contributed by atoms with Gasteiger partial charge in [0.1, 0.15) is 5.69 Å². The Kier molecular flexibility index (Phi) is 4.68. The van der Waals surface area contributed by atoms with Gasteiger partial charge in [-0.05, 0) is 30.2 Å². The summed E-state index contributed by atoms with van der Waals surface area (Å²) in [4.78, 5) is 4.02. The molecule has 5 nitrogen and oxygen atoms in total. The molecule has 0 fully saturated rings. The summed E-state index contributed by atoms with van der Waals surface area (Å²) in [5.74, 6) is -0.0112. The zero-order valence-corrected chi connectivity index (χ0v) is 11.2. The maximum absolute atomic E-state index is 8.64. The van der Waals surface area contributed by atoms with Gasteiger partial charge in [0.2, 0.25) is 0 Å². The van der Waals surface area contributed by atoms with Gasteiger partial charge in [-0.25, -0.2) is 0 Å². The Morgan fingerprint density at radius 2 is 2.10 bits per heavy atom. The topological polar surface area (TPSA) is 80.7 Å². The molecule has 2 aromatic rings. The van der Waals surface area contributed by atoms with Gasteiger partial charge in [0, 0.05) is 6.20 Å². The first-order valence-electron chi connectivity index (χ1n) is 6.30. The van der Waals surface area contributed by atoms with Crippen LogP contribution in [0.15, 0.2) is 53.8 Å². The Hall–Kier alpha value is -2.40. The van der Waals surface area contributed by atoms with E-state index in [-0.39, 0.29) is 11.9 Å². The number of hydrogen-bond donors (Lipinski definition) is 2. The van der Waals surface area contributed by atoms with Crippen molar-refractivity contribution in [2.75, 3.05) is 0 Å². The van der Waals surface area contributed by atoms with Gasteiger partial charge in [-0.2, -0.15) is 0 Å². The molecule has 5 heteroatoms. The molecule has 3 N–H and O–H groups in total. The Balaban J connectivity index is 2.01. The molecule has 2 rings (SSSR count). The van der Waals surface area contributed by atoms with Crippen LogP contribution in [0.5, 0.6) is 0 Å². The van der Waals surface area contributed by atoms with Crippen LogP contribution in [-0.4, -0.2) is 16.0 Å². The van der Waals surface area contributed by atoms with Gasteiger partial charge in [-0.3, -0.25) is 4.98 Å². The molecule has 1 atom stereocenters. The van der Waals surface area contributed by atoms with Gasteiger partial charge >= 0.3 is 0 Å². The fourth-order valence-corrected chi connectivity index (χ4v) is 1.80. The van der Waals surface area contributed by atoms with E-state index in [1.54, 1.807) is 12.3 Å². The van der Waals surface area contributed by atoms with E-state index in [2.05, 4.69) is 10.1 Å². The van der Waals surface area contributed by atoms with Crippen molar-refractivity contribution in [2.24, 2.45) is 10.9 Å². The average Bonchev–Trinajstić information content (AvgIpc) is 2.53. The quantitative estimate of drug-likeness (QED) is 0.379. The first kappa shape index (κ1) is 14.0. The van der Waals surface area contributed by atoms with E-state index < -0.39 is 0 Å². The minimum atomic E-state index is -0.0112. The van der Waals surface area contributed by atoms with Gasteiger partial charge in [-0.1, -0.05) is 35.5 Å². The third-order valence-corrected chi connectivity index (χ3v) is 2.96. The molecule has 0 bridgehead atoms. The third kappa shape index (κ3) is 3.55. The van der Waals surface area contributed by atoms with Crippen LogP contribution in [0.3, 0.4) is 0 Å². The number of amidine groups is 1. The molecule has 0 aliphatic heterocycles. The summed E-state index contributed by atoms with van der Waals surface area (Å²) in [6.07, 6.45) is 1.61. The molecule has 0 spiro atoms. The van der Waals surface area contributed by atoms with Crippen molar-refractivity contribution in [1.82, 2.24) is 4.98 Å². The van der Waals surface area contributed by atoms with Gasteiger partial charge in [0.15, 0.2) is 5.84 Å². The summed E-state index contributed by atoms with van der Waals surface area (Å²) >= 11 is 0. The van der Waals surface area contributed by atoms with E-state index in [0.717, 1.165) is 11.1 Å². The molecule has 0 aliphatic rings. The smallest absolute Gasteiger partial charge is 0.188 e. The summed E-state index contributed by atoms with van der Waals surface area (Å²) in [6.45, 7) is 2.44. The second kappa shape index (κ2) is 6.68. The van der Waals surface area contributed by atoms with E-state index in [4.69, 9.17) is 15.7 Å². The molecule has 1 heterocycles. The number of rotatable bonds is 5. The lowest BCUT2D eigenvalue weighted by molar-refractivity contribution is 0.0525. The molecule has 1 aromatic heterocycles. The standard InChI is InChI=1S/C15H17N3O2/c1-11(13-5-3-2-4-6-13)20-10-12-7-8-17-14(9-12)15(16)18-19/h2-9,11,19H,10H2,1H3,(H2,16,18). The fraction of sp³-hybridized carbons (Fsp3) is 0.200. The van der Waals surface area contributed by atoms with E-state index >= 15 is 0 Å². The number of ether oxygens (including phenoxy) is 1. The lowest BCUT2D eigenvalue weighted by Gasteiger charge is -2.13. The second-order valence-corrected chi connectivity index (χ2v) is 4.40. The molecule has 0 radical (unpaired) electrons. The minimum Gasteiger partial charge on any atom is -0.409 e. The van der Waals surface area contributed by atoms with Crippen LogP contribution in [0.4, 0.5) is 0 Å². The number of nitrogens with two attached hydrogens (primary N) is 1. The van der Waals surface area contributed by atoms with Crippen molar-refractivity contribution in [3.05, 3.63) is 65.5 Å². The largest absolute Gasteiger partial charge is 0.409 e. The van der Waals surface area contributed by atoms with E-state index in [0.29, 0.717) is 12.3 Å². The molecule has 104 valence electrons. The summed E-state index contributed by atoms with van der Waals surface area (Å²) in [5, 5.41) is 11.6. The van der Waals surface area contributed by atoms with E-state index in [9.17, 15) is 0 Å². The molecule has 0 saturated heterocycles. The molecule has 0 saturated carbocycles. The van der Waals surface area contributed by atoms with Crippen LogP contribution >= 0.6 is 0 Å². The SMILES string of the molecule is CC(OCc1ccnc(C(N)=NO)c1)c1ccccc1. The van der Waals surface area contributed by atoms with Gasteiger partial charge in [0.25, 0.3) is 0 Å². The van der Waals surface area contributed by atoms with Crippen molar-refractivity contribution < 1.29 is 9.94 Å². The van der Waals surface area contributed by atoms with Crippen LogP contribution in [-0.2, 0) is 11.3 Å². The first-order valence-corrected chi connectivity index (χ1v) is 6.30. The lowest BCUT2D eigenvalue weighted by Crippen LogP contribution is -2.15. The number of oxime groups is 1. The van der Waals surface area contributed by atoms with Crippen molar-refractivity contribution in [3.63, 3.8) is 0 Å². The van der Waals surface area contributed by atoms with Crippen LogP contribution in [0.2, 0.25) is 0 Å². The summed E-state index contributed by atoms with van der Waals surface area (Å²) in [7, 11) is 0. The van der Waals surface area contributed by atoms with Gasteiger partial charge in [0.05, 0.1) is 12.7 Å². The number of pyridine rings is 1. The zero-order chi connectivity index (χ0) is 14.4. The third-order valence-electron chi connectivity index (χ3n) is 2.96. The molecule has 1 unspecified atom stereocenters. The first-order chi connectivity index (χ1) is 9.70. The van der Waals surface area contributed by atoms with Gasteiger partial charge < -0.3 is 15.7 Å². The summed E-state index contributed by atoms with van der Waals surface area (Å²) in [5.41, 5.74) is 7.98. The maximum atomic E-state index is 8.64. The normalized spacial score (nSPS) is 13.2. The van der Waals surface area contributed by atoms with Crippen molar-refractivity contribution >= 4 is 5.84 Å². The number of benzene rings is 1. The Morgan fingerprint density at radius 1 is 1.35 bits per heavy atom. The van der Waals surface area contributed by atoms with E-state index in [1.165, 1.54) is 0 Å². The number of nitrogens with zero attached hydrogens (tertiary/aromatic N) is 2. The maximum Gasteiger partial charge on any atom is 0.188 e. The highest BCUT2D eigenvalue weighted by Crippen LogP contribution is 2.18. The van der Waals surface area contributed by atoms with Crippen molar-refractivity contribution in [1.29, 1.82) is 0 Å². The summed E-state index contributed by atoms with van der Waals surface area (Å²) in [6, 6.07) is 13.6. The number of hydrogen-bond acceptors (Lipinski definition) is 4. The van der Waals surface area contributed by atoms with Gasteiger partial charge in [-0.15, -0.1) is 0 Å². The Labute approximate surface area is 117 Å². The molecular weight excluding hydrogens is 254 g/mol. The van der Waals surface area contributed by atoms with Crippen LogP contribution < -0.4 is 5.73 Å². The lowest BCUT2D eigenvalue weighted by atomic mass is 10.1. The Morgan fingerprint density at radius 3 is 2.80 bits per heavy atom. The number of aromatic nitrogens is 1. The molecule has 20 heavy (non-hydrogen) atoms. The van der Waals surface area contributed by atoms with Crippen LogP contribution in [0.25, 0.3) is 0 Å². The van der Waals surface area contributed by atoms with E-state index in [1.807, 2.05) is 43.3 Å². The second-order valence-electron chi connectivity index (χ2n) is 4.40. The highest BCUT2D eigenvalue weighted by molar-refractivity contribution is 5.95. The predicted octanol–water partition coefficient (Wildman–Crippen LogP) is 2.45. The predicted molar refractivity (Wildman–Crippen MR) is 76.4 cm³/mol. The molecule has 0 amide bonds. The molecular formula is C15H17N3O2. The highest BCUT2D eigenvalue weighted by atomic mass is 16.5. The van der Waals surface area contributed by atoms with Crippen LogP contribution in [0, 0.1) is 0 Å². The fourth-order valence-electron chi connectivity index (χ4n) is 1.80. The average molecular weight is 271 g/mol. The van der Waals surface area contributed by atoms with Crippen molar-refractivity contribution in [3.8, 4) is 0 Å².